The smallest absolute Gasteiger partial charge is 0.108 e. The second kappa shape index (κ2) is 6.34. The first-order valence-electron chi connectivity index (χ1n) is 6.17. The van der Waals surface area contributed by atoms with Gasteiger partial charge in [0.25, 0.3) is 0 Å². The third-order valence-electron chi connectivity index (χ3n) is 2.83. The summed E-state index contributed by atoms with van der Waals surface area (Å²) in [7, 11) is 0. The molecule has 0 saturated heterocycles. The van der Waals surface area contributed by atoms with Crippen LogP contribution in [0.1, 0.15) is 24.2 Å². The molecule has 0 amide bonds. The summed E-state index contributed by atoms with van der Waals surface area (Å²) in [6.07, 6.45) is -0.315. The van der Waals surface area contributed by atoms with E-state index in [9.17, 15) is 0 Å². The maximum atomic E-state index is 9.15. The van der Waals surface area contributed by atoms with E-state index in [2.05, 4.69) is 0 Å². The number of aliphatic hydroxyl groups excluding tert-OH is 1. The van der Waals surface area contributed by atoms with Gasteiger partial charge in [0.1, 0.15) is 6.10 Å². The van der Waals surface area contributed by atoms with Crippen molar-refractivity contribution in [3.63, 3.8) is 0 Å². The maximum absolute atomic E-state index is 9.15. The molecule has 0 bridgehead atoms. The predicted molar refractivity (Wildman–Crippen MR) is 72.4 cm³/mol. The van der Waals surface area contributed by atoms with E-state index in [1.165, 1.54) is 0 Å². The van der Waals surface area contributed by atoms with Gasteiger partial charge in [-0.1, -0.05) is 60.7 Å². The number of hydrogen-bond acceptors (Lipinski definition) is 2. The zero-order valence-electron chi connectivity index (χ0n) is 10.5. The Bertz CT molecular complexity index is 414. The zero-order chi connectivity index (χ0) is 12.8. The lowest BCUT2D eigenvalue weighted by Gasteiger charge is -2.22. The fourth-order valence-corrected chi connectivity index (χ4v) is 1.88. The Hall–Kier alpha value is -1.64. The van der Waals surface area contributed by atoms with E-state index in [4.69, 9.17) is 9.84 Å². The highest BCUT2D eigenvalue weighted by molar-refractivity contribution is 5.29. The molecule has 0 aromatic heterocycles. The third kappa shape index (κ3) is 3.19. The van der Waals surface area contributed by atoms with E-state index in [1.54, 1.807) is 0 Å². The number of aliphatic hydroxyl groups is 1. The van der Waals surface area contributed by atoms with E-state index in [1.807, 2.05) is 67.6 Å². The Kier molecular flexibility index (Phi) is 4.51. The van der Waals surface area contributed by atoms with Crippen LogP contribution in [0.4, 0.5) is 0 Å². The SMILES string of the molecule is CC(CO)OC(c1ccccc1)c1ccccc1. The first kappa shape index (κ1) is 12.8. The number of rotatable bonds is 5. The summed E-state index contributed by atoms with van der Waals surface area (Å²) in [4.78, 5) is 0. The summed E-state index contributed by atoms with van der Waals surface area (Å²) >= 11 is 0. The molecule has 2 aromatic carbocycles. The number of ether oxygens (including phenoxy) is 1. The van der Waals surface area contributed by atoms with E-state index < -0.39 is 0 Å². The summed E-state index contributed by atoms with van der Waals surface area (Å²) in [6, 6.07) is 20.1. The van der Waals surface area contributed by atoms with Crippen LogP contribution in [0.15, 0.2) is 60.7 Å². The van der Waals surface area contributed by atoms with Gasteiger partial charge >= 0.3 is 0 Å². The second-order valence-electron chi connectivity index (χ2n) is 4.33. The average Bonchev–Trinajstić information content (AvgIpc) is 2.46. The highest BCUT2D eigenvalue weighted by Crippen LogP contribution is 2.26. The van der Waals surface area contributed by atoms with Gasteiger partial charge in [-0.25, -0.2) is 0 Å². The molecule has 0 aliphatic heterocycles. The van der Waals surface area contributed by atoms with Crippen LogP contribution in [-0.4, -0.2) is 17.8 Å². The molecule has 0 aliphatic rings. The monoisotopic (exact) mass is 242 g/mol. The molecule has 2 heteroatoms. The molecule has 0 heterocycles. The van der Waals surface area contributed by atoms with Crippen LogP contribution >= 0.6 is 0 Å². The van der Waals surface area contributed by atoms with Crippen molar-refractivity contribution in [2.24, 2.45) is 0 Å². The first-order valence-corrected chi connectivity index (χ1v) is 6.17. The molecule has 0 fully saturated rings. The molecule has 18 heavy (non-hydrogen) atoms. The normalized spacial score (nSPS) is 12.6. The molecule has 0 aliphatic carbocycles. The van der Waals surface area contributed by atoms with Gasteiger partial charge in [-0.15, -0.1) is 0 Å². The van der Waals surface area contributed by atoms with Crippen LogP contribution in [0.25, 0.3) is 0 Å². The van der Waals surface area contributed by atoms with Crippen molar-refractivity contribution in [2.75, 3.05) is 6.61 Å². The topological polar surface area (TPSA) is 29.5 Å². The summed E-state index contributed by atoms with van der Waals surface area (Å²) in [5, 5.41) is 9.15. The molecule has 2 rings (SSSR count). The fourth-order valence-electron chi connectivity index (χ4n) is 1.88. The zero-order valence-corrected chi connectivity index (χ0v) is 10.5. The summed E-state index contributed by atoms with van der Waals surface area (Å²) in [6.45, 7) is 1.90. The van der Waals surface area contributed by atoms with Crippen LogP contribution in [0.3, 0.4) is 0 Å². The van der Waals surface area contributed by atoms with Gasteiger partial charge in [-0.05, 0) is 18.1 Å². The van der Waals surface area contributed by atoms with E-state index in [0.717, 1.165) is 11.1 Å². The Morgan fingerprint density at radius 3 is 1.72 bits per heavy atom. The minimum absolute atomic E-state index is 0.0240. The van der Waals surface area contributed by atoms with E-state index in [0.29, 0.717) is 0 Å². The first-order chi connectivity index (χ1) is 8.81. The molecule has 1 atom stereocenters. The van der Waals surface area contributed by atoms with Crippen molar-refractivity contribution in [2.45, 2.75) is 19.1 Å². The lowest BCUT2D eigenvalue weighted by atomic mass is 10.0. The summed E-state index contributed by atoms with van der Waals surface area (Å²) < 4.78 is 5.92. The van der Waals surface area contributed by atoms with Crippen molar-refractivity contribution >= 4 is 0 Å². The van der Waals surface area contributed by atoms with E-state index in [-0.39, 0.29) is 18.8 Å². The molecule has 0 spiro atoms. The Balaban J connectivity index is 2.29. The lowest BCUT2D eigenvalue weighted by Crippen LogP contribution is -2.18. The van der Waals surface area contributed by atoms with Crippen LogP contribution in [0.5, 0.6) is 0 Å². The molecular weight excluding hydrogens is 224 g/mol. The minimum Gasteiger partial charge on any atom is -0.394 e. The molecule has 2 nitrogen and oxygen atoms in total. The van der Waals surface area contributed by atoms with Gasteiger partial charge < -0.3 is 9.84 Å². The lowest BCUT2D eigenvalue weighted by molar-refractivity contribution is -0.0121. The summed E-state index contributed by atoms with van der Waals surface area (Å²) in [5.41, 5.74) is 2.20. The Morgan fingerprint density at radius 1 is 0.889 bits per heavy atom. The van der Waals surface area contributed by atoms with E-state index >= 15 is 0 Å². The molecule has 2 aromatic rings. The third-order valence-corrected chi connectivity index (χ3v) is 2.83. The van der Waals surface area contributed by atoms with Gasteiger partial charge in [0.15, 0.2) is 0 Å². The summed E-state index contributed by atoms with van der Waals surface area (Å²) in [5.74, 6) is 0. The predicted octanol–water partition coefficient (Wildman–Crippen LogP) is 3.17. The standard InChI is InChI=1S/C16H18O2/c1-13(12-17)18-16(14-8-4-2-5-9-14)15-10-6-3-7-11-15/h2-11,13,16-17H,12H2,1H3. The highest BCUT2D eigenvalue weighted by atomic mass is 16.5. The Morgan fingerprint density at radius 2 is 1.33 bits per heavy atom. The Labute approximate surface area is 108 Å². The minimum atomic E-state index is -0.185. The van der Waals surface area contributed by atoms with Crippen molar-refractivity contribution in [3.05, 3.63) is 71.8 Å². The largest absolute Gasteiger partial charge is 0.394 e. The molecular formula is C16H18O2. The van der Waals surface area contributed by atoms with Gasteiger partial charge in [-0.3, -0.25) is 0 Å². The van der Waals surface area contributed by atoms with Gasteiger partial charge in [0.2, 0.25) is 0 Å². The van der Waals surface area contributed by atoms with Crippen LogP contribution in [0, 0.1) is 0 Å². The van der Waals surface area contributed by atoms with Gasteiger partial charge in [-0.2, -0.15) is 0 Å². The molecule has 0 radical (unpaired) electrons. The van der Waals surface area contributed by atoms with Crippen LogP contribution in [-0.2, 0) is 4.74 Å². The quantitative estimate of drug-likeness (QED) is 0.872. The van der Waals surface area contributed by atoms with Crippen molar-refractivity contribution in [3.8, 4) is 0 Å². The molecule has 0 saturated carbocycles. The number of hydrogen-bond donors (Lipinski definition) is 1. The highest BCUT2D eigenvalue weighted by Gasteiger charge is 2.16. The molecule has 1 N–H and O–H groups in total. The van der Waals surface area contributed by atoms with Crippen molar-refractivity contribution in [1.29, 1.82) is 0 Å². The number of benzene rings is 2. The van der Waals surface area contributed by atoms with Crippen LogP contribution < -0.4 is 0 Å². The fraction of sp³-hybridized carbons (Fsp3) is 0.250. The second-order valence-corrected chi connectivity index (χ2v) is 4.33. The van der Waals surface area contributed by atoms with Crippen LogP contribution in [0.2, 0.25) is 0 Å². The average molecular weight is 242 g/mol. The van der Waals surface area contributed by atoms with Gasteiger partial charge in [0, 0.05) is 0 Å². The molecule has 94 valence electrons. The maximum Gasteiger partial charge on any atom is 0.108 e. The van der Waals surface area contributed by atoms with Gasteiger partial charge in [0.05, 0.1) is 12.7 Å². The molecule has 1 unspecified atom stereocenters. The van der Waals surface area contributed by atoms with Crippen molar-refractivity contribution in [1.82, 2.24) is 0 Å². The van der Waals surface area contributed by atoms with Crippen molar-refractivity contribution < 1.29 is 9.84 Å².